The van der Waals surface area contributed by atoms with Gasteiger partial charge in [-0.15, -0.1) is 0 Å². The first-order valence-electron chi connectivity index (χ1n) is 11.2. The molecule has 3 aromatic rings. The molecule has 176 valence electrons. The number of rotatable bonds is 8. The lowest BCUT2D eigenvalue weighted by Gasteiger charge is -2.43. The number of likely N-dealkylation sites (tertiary alicyclic amines) is 1. The van der Waals surface area contributed by atoms with Crippen LogP contribution in [0, 0.1) is 5.41 Å². The second-order valence-electron chi connectivity index (χ2n) is 8.41. The van der Waals surface area contributed by atoms with Crippen LogP contribution in [0.4, 0.5) is 0 Å². The van der Waals surface area contributed by atoms with Crippen LogP contribution in [0.15, 0.2) is 60.9 Å². The summed E-state index contributed by atoms with van der Waals surface area (Å²) in [6.45, 7) is 2.32. The number of aliphatic carboxylic acids is 1. The van der Waals surface area contributed by atoms with Gasteiger partial charge in [-0.05, 0) is 43.4 Å². The van der Waals surface area contributed by atoms with Crippen molar-refractivity contribution < 1.29 is 24.9 Å². The Morgan fingerprint density at radius 2 is 1.82 bits per heavy atom. The summed E-state index contributed by atoms with van der Waals surface area (Å²) < 4.78 is 2.11. The summed E-state index contributed by atoms with van der Waals surface area (Å²) in [4.78, 5) is 27.3. The number of piperidine rings is 1. The number of hydrogen-bond donors (Lipinski definition) is 3. The highest BCUT2D eigenvalue weighted by Gasteiger charge is 2.48. The highest BCUT2D eigenvalue weighted by atomic mass is 16.4. The third-order valence-electron chi connectivity index (χ3n) is 6.40. The first-order chi connectivity index (χ1) is 16.0. The summed E-state index contributed by atoms with van der Waals surface area (Å²) >= 11 is 0. The fraction of sp³-hybridized carbons (Fsp3) is 0.400. The van der Waals surface area contributed by atoms with Crippen molar-refractivity contribution in [3.05, 3.63) is 66.5 Å². The van der Waals surface area contributed by atoms with Crippen LogP contribution in [0.2, 0.25) is 0 Å². The SMILES string of the molecule is O=C(O)[C@]1(CCCc2ccccc2)CN(CCn2cnc3ccccc32)CC[C@H]1O.O=CO. The number of benzene rings is 2. The number of nitrogens with zero attached hydrogens (tertiary/aromatic N) is 3. The van der Waals surface area contributed by atoms with Crippen molar-refractivity contribution in [1.82, 2.24) is 14.5 Å². The van der Waals surface area contributed by atoms with E-state index in [0.29, 0.717) is 25.9 Å². The summed E-state index contributed by atoms with van der Waals surface area (Å²) in [5.74, 6) is -0.888. The van der Waals surface area contributed by atoms with Gasteiger partial charge in [-0.3, -0.25) is 9.59 Å². The Hall–Kier alpha value is -3.23. The van der Waals surface area contributed by atoms with Crippen LogP contribution in [0.3, 0.4) is 0 Å². The third kappa shape index (κ3) is 5.97. The van der Waals surface area contributed by atoms with Gasteiger partial charge in [0.25, 0.3) is 6.47 Å². The molecule has 0 unspecified atom stereocenters. The molecule has 4 rings (SSSR count). The van der Waals surface area contributed by atoms with Gasteiger partial charge in [-0.25, -0.2) is 4.98 Å². The molecular formula is C25H31N3O5. The molecule has 8 nitrogen and oxygen atoms in total. The number of aromatic nitrogens is 2. The van der Waals surface area contributed by atoms with E-state index >= 15 is 0 Å². The topological polar surface area (TPSA) is 116 Å². The molecule has 0 bridgehead atoms. The van der Waals surface area contributed by atoms with Gasteiger partial charge < -0.3 is 24.8 Å². The van der Waals surface area contributed by atoms with Crippen LogP contribution in [-0.4, -0.2) is 68.0 Å². The molecule has 8 heteroatoms. The van der Waals surface area contributed by atoms with Crippen LogP contribution < -0.4 is 0 Å². The van der Waals surface area contributed by atoms with Crippen molar-refractivity contribution in [1.29, 1.82) is 0 Å². The summed E-state index contributed by atoms with van der Waals surface area (Å²) in [5.41, 5.74) is 2.14. The molecule has 0 saturated carbocycles. The minimum Gasteiger partial charge on any atom is -0.483 e. The van der Waals surface area contributed by atoms with Crippen molar-refractivity contribution in [3.8, 4) is 0 Å². The Labute approximate surface area is 193 Å². The van der Waals surface area contributed by atoms with Crippen molar-refractivity contribution in [2.75, 3.05) is 19.6 Å². The second kappa shape index (κ2) is 11.6. The average Bonchev–Trinajstić information content (AvgIpc) is 3.23. The van der Waals surface area contributed by atoms with Crippen LogP contribution in [-0.2, 0) is 22.6 Å². The molecule has 1 fully saturated rings. The van der Waals surface area contributed by atoms with Gasteiger partial charge in [0.05, 0.1) is 23.5 Å². The normalized spacial score (nSPS) is 20.7. The van der Waals surface area contributed by atoms with E-state index in [9.17, 15) is 15.0 Å². The first kappa shape index (κ1) is 24.4. The fourth-order valence-corrected chi connectivity index (χ4v) is 4.61. The molecule has 1 aromatic heterocycles. The van der Waals surface area contributed by atoms with E-state index in [0.717, 1.165) is 37.0 Å². The molecule has 0 aliphatic carbocycles. The predicted molar refractivity (Wildman–Crippen MR) is 125 cm³/mol. The lowest BCUT2D eigenvalue weighted by atomic mass is 9.73. The fourth-order valence-electron chi connectivity index (χ4n) is 4.61. The molecule has 2 aromatic carbocycles. The molecule has 0 radical (unpaired) electrons. The van der Waals surface area contributed by atoms with E-state index in [2.05, 4.69) is 26.6 Å². The molecule has 1 aliphatic rings. The lowest BCUT2D eigenvalue weighted by Crippen LogP contribution is -2.56. The Balaban J connectivity index is 0.000000968. The number of carboxylic acids is 1. The number of carbonyl (C=O) groups is 2. The Morgan fingerprint density at radius 1 is 1.12 bits per heavy atom. The first-order valence-corrected chi connectivity index (χ1v) is 11.2. The molecule has 0 spiro atoms. The van der Waals surface area contributed by atoms with Crippen LogP contribution in [0.25, 0.3) is 11.0 Å². The number of para-hydroxylation sites is 2. The summed E-state index contributed by atoms with van der Waals surface area (Å²) in [7, 11) is 0. The molecular weight excluding hydrogens is 422 g/mol. The summed E-state index contributed by atoms with van der Waals surface area (Å²) in [6, 6.07) is 18.1. The van der Waals surface area contributed by atoms with Gasteiger partial charge in [0.1, 0.15) is 5.41 Å². The number of hydrogen-bond acceptors (Lipinski definition) is 5. The highest BCUT2D eigenvalue weighted by molar-refractivity contribution is 5.76. The molecule has 2 heterocycles. The zero-order chi connectivity index (χ0) is 23.7. The van der Waals surface area contributed by atoms with Gasteiger partial charge in [-0.1, -0.05) is 42.5 Å². The minimum atomic E-state index is -1.11. The lowest BCUT2D eigenvalue weighted by molar-refractivity contribution is -0.164. The molecule has 1 saturated heterocycles. The summed E-state index contributed by atoms with van der Waals surface area (Å²) in [5, 5.41) is 27.6. The Kier molecular flexibility index (Phi) is 8.57. The quantitative estimate of drug-likeness (QED) is 0.449. The number of carboxylic acid groups (broad SMARTS) is 2. The van der Waals surface area contributed by atoms with Gasteiger partial charge >= 0.3 is 5.97 Å². The van der Waals surface area contributed by atoms with Gasteiger partial charge in [0, 0.05) is 26.2 Å². The number of imidazole rings is 1. The molecule has 3 N–H and O–H groups in total. The van der Waals surface area contributed by atoms with Crippen molar-refractivity contribution in [2.24, 2.45) is 5.41 Å². The smallest absolute Gasteiger partial charge is 0.313 e. The predicted octanol–water partition coefficient (Wildman–Crippen LogP) is 2.90. The number of fused-ring (bicyclic) bond motifs is 1. The maximum Gasteiger partial charge on any atom is 0.313 e. The molecule has 2 atom stereocenters. The molecule has 33 heavy (non-hydrogen) atoms. The minimum absolute atomic E-state index is 0.250. The van der Waals surface area contributed by atoms with Gasteiger partial charge in [0.2, 0.25) is 0 Å². The van der Waals surface area contributed by atoms with E-state index in [1.165, 1.54) is 5.56 Å². The average molecular weight is 454 g/mol. The van der Waals surface area contributed by atoms with E-state index < -0.39 is 17.5 Å². The zero-order valence-corrected chi connectivity index (χ0v) is 18.6. The second-order valence-corrected chi connectivity index (χ2v) is 8.41. The summed E-state index contributed by atoms with van der Waals surface area (Å²) in [6.07, 6.45) is 3.56. The highest BCUT2D eigenvalue weighted by Crippen LogP contribution is 2.36. The van der Waals surface area contributed by atoms with Crippen LogP contribution in [0.5, 0.6) is 0 Å². The number of aryl methyl sites for hydroxylation is 1. The number of aliphatic hydroxyl groups is 1. The monoisotopic (exact) mass is 453 g/mol. The standard InChI is InChI=1S/C24H29N3O3.CH2O2/c28-22-12-14-26(15-16-27-18-25-20-10-4-5-11-21(20)27)17-24(22,23(29)30)13-6-9-19-7-2-1-3-8-19;2-1-3/h1-5,7-8,10-11,18,22,28H,6,9,12-17H2,(H,29,30);1H,(H,2,3)/t22-,24-;/m1./s1. The Bertz CT molecular complexity index is 1040. The van der Waals surface area contributed by atoms with E-state index in [-0.39, 0.29) is 6.47 Å². The van der Waals surface area contributed by atoms with Crippen molar-refractivity contribution in [3.63, 3.8) is 0 Å². The van der Waals surface area contributed by atoms with Crippen molar-refractivity contribution in [2.45, 2.75) is 38.3 Å². The number of aliphatic hydroxyl groups excluding tert-OH is 1. The maximum atomic E-state index is 12.3. The Morgan fingerprint density at radius 3 is 2.55 bits per heavy atom. The molecule has 1 aliphatic heterocycles. The van der Waals surface area contributed by atoms with Crippen LogP contribution in [0.1, 0.15) is 24.8 Å². The van der Waals surface area contributed by atoms with Crippen LogP contribution >= 0.6 is 0 Å². The largest absolute Gasteiger partial charge is 0.483 e. The van der Waals surface area contributed by atoms with E-state index in [1.54, 1.807) is 0 Å². The molecule has 0 amide bonds. The van der Waals surface area contributed by atoms with Crippen molar-refractivity contribution >= 4 is 23.5 Å². The van der Waals surface area contributed by atoms with E-state index in [4.69, 9.17) is 9.90 Å². The van der Waals surface area contributed by atoms with E-state index in [1.807, 2.05) is 48.8 Å². The zero-order valence-electron chi connectivity index (χ0n) is 18.6. The van der Waals surface area contributed by atoms with Gasteiger partial charge in [-0.2, -0.15) is 0 Å². The van der Waals surface area contributed by atoms with Gasteiger partial charge in [0.15, 0.2) is 0 Å². The maximum absolute atomic E-state index is 12.3. The third-order valence-corrected chi connectivity index (χ3v) is 6.40.